The predicted molar refractivity (Wildman–Crippen MR) is 112 cm³/mol. The van der Waals surface area contributed by atoms with Crippen LogP contribution in [0.5, 0.6) is 11.5 Å². The van der Waals surface area contributed by atoms with Crippen molar-refractivity contribution in [2.45, 2.75) is 13.1 Å². The fraction of sp³-hybridized carbons (Fsp3) is 0.136. The van der Waals surface area contributed by atoms with Crippen LogP contribution in [0.1, 0.15) is 21.5 Å². The number of halogens is 1. The standard InChI is InChI=1S/C22H19BrN2O3/c23-18-11-21-20(27-14-28-21)10-16(18)13-24-19-9-5-4-8-17(19)22(26)25-12-15-6-2-1-3-7-15/h1-11,24H,12-14H2,(H,25,26). The van der Waals surface area contributed by atoms with Crippen LogP contribution < -0.4 is 20.1 Å². The van der Waals surface area contributed by atoms with Gasteiger partial charge in [-0.1, -0.05) is 58.4 Å². The first-order valence-electron chi connectivity index (χ1n) is 8.94. The molecule has 142 valence electrons. The van der Waals surface area contributed by atoms with E-state index in [2.05, 4.69) is 26.6 Å². The molecule has 0 spiro atoms. The Hall–Kier alpha value is -2.99. The molecule has 0 saturated heterocycles. The number of ether oxygens (including phenoxy) is 2. The Kier molecular flexibility index (Phi) is 5.48. The largest absolute Gasteiger partial charge is 0.454 e. The van der Waals surface area contributed by atoms with Crippen LogP contribution in [0.15, 0.2) is 71.2 Å². The molecule has 0 bridgehead atoms. The molecule has 3 aromatic carbocycles. The van der Waals surface area contributed by atoms with Crippen molar-refractivity contribution in [3.05, 3.63) is 87.9 Å². The number of fused-ring (bicyclic) bond motifs is 1. The molecule has 28 heavy (non-hydrogen) atoms. The van der Waals surface area contributed by atoms with Crippen molar-refractivity contribution < 1.29 is 14.3 Å². The Morgan fingerprint density at radius 1 is 0.929 bits per heavy atom. The Morgan fingerprint density at radius 3 is 2.46 bits per heavy atom. The smallest absolute Gasteiger partial charge is 0.253 e. The highest BCUT2D eigenvalue weighted by Crippen LogP contribution is 2.37. The van der Waals surface area contributed by atoms with Gasteiger partial charge in [0.2, 0.25) is 6.79 Å². The quantitative estimate of drug-likeness (QED) is 0.584. The second kappa shape index (κ2) is 8.35. The lowest BCUT2D eigenvalue weighted by Crippen LogP contribution is -2.23. The van der Waals surface area contributed by atoms with Crippen molar-refractivity contribution >= 4 is 27.5 Å². The van der Waals surface area contributed by atoms with E-state index in [1.54, 1.807) is 0 Å². The Balaban J connectivity index is 1.45. The van der Waals surface area contributed by atoms with Gasteiger partial charge in [-0.05, 0) is 35.4 Å². The summed E-state index contributed by atoms with van der Waals surface area (Å²) in [6, 6.07) is 21.2. The van der Waals surface area contributed by atoms with Gasteiger partial charge >= 0.3 is 0 Å². The molecule has 0 saturated carbocycles. The van der Waals surface area contributed by atoms with Gasteiger partial charge in [0.05, 0.1) is 5.56 Å². The van der Waals surface area contributed by atoms with Gasteiger partial charge in [0.15, 0.2) is 11.5 Å². The Morgan fingerprint density at radius 2 is 1.64 bits per heavy atom. The fourth-order valence-electron chi connectivity index (χ4n) is 2.99. The third kappa shape index (κ3) is 4.12. The van der Waals surface area contributed by atoms with Crippen LogP contribution in [0.4, 0.5) is 5.69 Å². The maximum Gasteiger partial charge on any atom is 0.253 e. The van der Waals surface area contributed by atoms with E-state index in [0.717, 1.165) is 32.8 Å². The van der Waals surface area contributed by atoms with Crippen LogP contribution in [0.3, 0.4) is 0 Å². The number of benzene rings is 3. The monoisotopic (exact) mass is 438 g/mol. The summed E-state index contributed by atoms with van der Waals surface area (Å²) in [6.45, 7) is 1.27. The zero-order valence-corrected chi connectivity index (χ0v) is 16.7. The summed E-state index contributed by atoms with van der Waals surface area (Å²) in [5.41, 5.74) is 3.46. The first kappa shape index (κ1) is 18.4. The van der Waals surface area contributed by atoms with Crippen molar-refractivity contribution in [3.8, 4) is 11.5 Å². The number of amides is 1. The predicted octanol–water partition coefficient (Wildman–Crippen LogP) is 4.72. The maximum atomic E-state index is 12.7. The van der Waals surface area contributed by atoms with E-state index >= 15 is 0 Å². The highest BCUT2D eigenvalue weighted by atomic mass is 79.9. The first-order valence-corrected chi connectivity index (χ1v) is 9.73. The molecule has 5 nitrogen and oxygen atoms in total. The van der Waals surface area contributed by atoms with Crippen LogP contribution in [0.2, 0.25) is 0 Å². The molecule has 1 aliphatic rings. The number of hydrogen-bond acceptors (Lipinski definition) is 4. The van der Waals surface area contributed by atoms with Crippen molar-refractivity contribution in [1.82, 2.24) is 5.32 Å². The van der Waals surface area contributed by atoms with Crippen LogP contribution in [-0.2, 0) is 13.1 Å². The van der Waals surface area contributed by atoms with Gasteiger partial charge in [0.1, 0.15) is 0 Å². The molecule has 1 amide bonds. The minimum atomic E-state index is -0.114. The highest BCUT2D eigenvalue weighted by Gasteiger charge is 2.17. The summed E-state index contributed by atoms with van der Waals surface area (Å²) in [6.07, 6.45) is 0. The molecule has 6 heteroatoms. The van der Waals surface area contributed by atoms with Crippen LogP contribution >= 0.6 is 15.9 Å². The number of carbonyl (C=O) groups excluding carboxylic acids is 1. The molecular formula is C22H19BrN2O3. The normalized spacial score (nSPS) is 11.9. The lowest BCUT2D eigenvalue weighted by Gasteiger charge is -2.13. The fourth-order valence-corrected chi connectivity index (χ4v) is 3.46. The number of hydrogen-bond donors (Lipinski definition) is 2. The van der Waals surface area contributed by atoms with E-state index in [1.807, 2.05) is 66.7 Å². The molecule has 3 aromatic rings. The molecule has 2 N–H and O–H groups in total. The summed E-state index contributed by atoms with van der Waals surface area (Å²) in [7, 11) is 0. The van der Waals surface area contributed by atoms with Crippen molar-refractivity contribution in [3.63, 3.8) is 0 Å². The zero-order chi connectivity index (χ0) is 19.3. The van der Waals surface area contributed by atoms with Crippen LogP contribution in [0.25, 0.3) is 0 Å². The summed E-state index contributed by atoms with van der Waals surface area (Å²) < 4.78 is 11.8. The van der Waals surface area contributed by atoms with E-state index < -0.39 is 0 Å². The minimum absolute atomic E-state index is 0.114. The average Bonchev–Trinajstić information content (AvgIpc) is 3.18. The third-order valence-electron chi connectivity index (χ3n) is 4.48. The van der Waals surface area contributed by atoms with Gasteiger partial charge in [-0.2, -0.15) is 0 Å². The van der Waals surface area contributed by atoms with E-state index in [-0.39, 0.29) is 12.7 Å². The summed E-state index contributed by atoms with van der Waals surface area (Å²) in [5, 5.41) is 6.33. The lowest BCUT2D eigenvalue weighted by molar-refractivity contribution is 0.0951. The molecule has 0 aliphatic carbocycles. The van der Waals surface area contributed by atoms with Gasteiger partial charge in [0, 0.05) is 23.2 Å². The second-order valence-corrected chi connectivity index (χ2v) is 7.22. The van der Waals surface area contributed by atoms with Crippen LogP contribution in [0, 0.1) is 0 Å². The van der Waals surface area contributed by atoms with E-state index in [4.69, 9.17) is 9.47 Å². The molecule has 0 unspecified atom stereocenters. The first-order chi connectivity index (χ1) is 13.7. The molecule has 1 heterocycles. The van der Waals surface area contributed by atoms with E-state index in [9.17, 15) is 4.79 Å². The number of anilines is 1. The summed E-state index contributed by atoms with van der Waals surface area (Å²) in [4.78, 5) is 12.7. The van der Waals surface area contributed by atoms with Gasteiger partial charge < -0.3 is 20.1 Å². The molecule has 1 aliphatic heterocycles. The number of nitrogens with one attached hydrogen (secondary N) is 2. The van der Waals surface area contributed by atoms with Gasteiger partial charge in [0.25, 0.3) is 5.91 Å². The van der Waals surface area contributed by atoms with Gasteiger partial charge in [-0.15, -0.1) is 0 Å². The second-order valence-electron chi connectivity index (χ2n) is 6.36. The van der Waals surface area contributed by atoms with Gasteiger partial charge in [-0.3, -0.25) is 4.79 Å². The molecule has 0 fully saturated rings. The SMILES string of the molecule is O=C(NCc1ccccc1)c1ccccc1NCc1cc2c(cc1Br)OCO2. The number of para-hydroxylation sites is 1. The van der Waals surface area contributed by atoms with E-state index in [0.29, 0.717) is 18.7 Å². The van der Waals surface area contributed by atoms with Gasteiger partial charge in [-0.25, -0.2) is 0 Å². The molecule has 0 radical (unpaired) electrons. The third-order valence-corrected chi connectivity index (χ3v) is 5.22. The van der Waals surface area contributed by atoms with Crippen molar-refractivity contribution in [1.29, 1.82) is 0 Å². The highest BCUT2D eigenvalue weighted by molar-refractivity contribution is 9.10. The molecule has 4 rings (SSSR count). The number of rotatable bonds is 6. The topological polar surface area (TPSA) is 59.6 Å². The van der Waals surface area contributed by atoms with Crippen LogP contribution in [-0.4, -0.2) is 12.7 Å². The van der Waals surface area contributed by atoms with E-state index in [1.165, 1.54) is 0 Å². The lowest BCUT2D eigenvalue weighted by atomic mass is 10.1. The average molecular weight is 439 g/mol. The summed E-state index contributed by atoms with van der Waals surface area (Å²) in [5.74, 6) is 1.35. The molecular weight excluding hydrogens is 420 g/mol. The number of carbonyl (C=O) groups is 1. The minimum Gasteiger partial charge on any atom is -0.454 e. The molecule has 0 aromatic heterocycles. The Labute approximate surface area is 171 Å². The van der Waals surface area contributed by atoms with Crippen molar-refractivity contribution in [2.75, 3.05) is 12.1 Å². The summed E-state index contributed by atoms with van der Waals surface area (Å²) >= 11 is 3.57. The Bertz CT molecular complexity index is 992. The molecule has 0 atom stereocenters. The maximum absolute atomic E-state index is 12.7. The van der Waals surface area contributed by atoms with Crippen molar-refractivity contribution in [2.24, 2.45) is 0 Å². The zero-order valence-electron chi connectivity index (χ0n) is 15.1.